The van der Waals surface area contributed by atoms with Crippen LogP contribution in [-0.2, 0) is 9.53 Å². The molecule has 8 heteroatoms. The van der Waals surface area contributed by atoms with E-state index in [0.29, 0.717) is 26.4 Å². The largest absolute Gasteiger partial charge is 0.497 e. The van der Waals surface area contributed by atoms with E-state index in [1.807, 2.05) is 48.7 Å². The second-order valence-electron chi connectivity index (χ2n) is 7.21. The molecule has 4 rings (SSSR count). The number of thiazole rings is 1. The molecule has 3 aromatic rings. The maximum absolute atomic E-state index is 13.5. The van der Waals surface area contributed by atoms with Crippen molar-refractivity contribution in [3.8, 4) is 5.75 Å². The summed E-state index contributed by atoms with van der Waals surface area (Å²) in [5, 5.41) is 2.00. The summed E-state index contributed by atoms with van der Waals surface area (Å²) in [7, 11) is 1.59. The quantitative estimate of drug-likeness (QED) is 0.413. The fraction of sp³-hybridized carbons (Fsp3) is 0.208. The Hall–Kier alpha value is -3.23. The molecule has 0 amide bonds. The molecule has 1 aliphatic heterocycles. The van der Waals surface area contributed by atoms with Crippen LogP contribution in [-0.4, -0.2) is 24.3 Å². The molecule has 164 valence electrons. The van der Waals surface area contributed by atoms with Gasteiger partial charge in [-0.2, -0.15) is 0 Å². The highest BCUT2D eigenvalue weighted by Crippen LogP contribution is 2.31. The SMILES string of the molecule is C=CCOC(=O)C1=C(C)N=c2s/c(=C/c3sccc3C)c(=O)n2C1c1ccc(OC)cc1. The molecule has 1 unspecified atom stereocenters. The minimum absolute atomic E-state index is 0.0764. The maximum atomic E-state index is 13.5. The minimum Gasteiger partial charge on any atom is -0.497 e. The zero-order chi connectivity index (χ0) is 22.8. The molecule has 2 aromatic heterocycles. The summed E-state index contributed by atoms with van der Waals surface area (Å²) in [6.45, 7) is 7.45. The lowest BCUT2D eigenvalue weighted by atomic mass is 9.96. The lowest BCUT2D eigenvalue weighted by Crippen LogP contribution is -2.39. The zero-order valence-corrected chi connectivity index (χ0v) is 19.6. The first kappa shape index (κ1) is 22.0. The number of carbonyl (C=O) groups excluding carboxylic acids is 1. The number of fused-ring (bicyclic) bond motifs is 1. The molecule has 3 heterocycles. The van der Waals surface area contributed by atoms with Gasteiger partial charge in [0.2, 0.25) is 0 Å². The summed E-state index contributed by atoms with van der Waals surface area (Å²) < 4.78 is 12.8. The van der Waals surface area contributed by atoms with Crippen molar-refractivity contribution in [2.24, 2.45) is 4.99 Å². The predicted molar refractivity (Wildman–Crippen MR) is 127 cm³/mol. The van der Waals surface area contributed by atoms with Crippen molar-refractivity contribution >= 4 is 34.7 Å². The highest BCUT2D eigenvalue weighted by Gasteiger charge is 2.33. The fourth-order valence-corrected chi connectivity index (χ4v) is 5.51. The molecule has 0 radical (unpaired) electrons. The lowest BCUT2D eigenvalue weighted by molar-refractivity contribution is -0.138. The van der Waals surface area contributed by atoms with Gasteiger partial charge in [0.1, 0.15) is 12.4 Å². The topological polar surface area (TPSA) is 69.9 Å². The van der Waals surface area contributed by atoms with Gasteiger partial charge in [-0.05, 0) is 54.6 Å². The van der Waals surface area contributed by atoms with Crippen molar-refractivity contribution in [1.82, 2.24) is 4.57 Å². The second kappa shape index (κ2) is 9.10. The van der Waals surface area contributed by atoms with Crippen LogP contribution >= 0.6 is 22.7 Å². The van der Waals surface area contributed by atoms with Crippen LogP contribution in [0.5, 0.6) is 5.75 Å². The number of rotatable bonds is 6. The number of hydrogen-bond acceptors (Lipinski definition) is 7. The lowest BCUT2D eigenvalue weighted by Gasteiger charge is -2.24. The number of thiophene rings is 1. The van der Waals surface area contributed by atoms with Crippen molar-refractivity contribution in [2.45, 2.75) is 19.9 Å². The number of hydrogen-bond donors (Lipinski definition) is 0. The number of nitrogens with zero attached hydrogens (tertiary/aromatic N) is 2. The van der Waals surface area contributed by atoms with Gasteiger partial charge in [0.25, 0.3) is 5.56 Å². The Morgan fingerprint density at radius 3 is 2.62 bits per heavy atom. The van der Waals surface area contributed by atoms with E-state index in [0.717, 1.165) is 16.0 Å². The van der Waals surface area contributed by atoms with Crippen LogP contribution in [0.2, 0.25) is 0 Å². The van der Waals surface area contributed by atoms with E-state index in [4.69, 9.17) is 9.47 Å². The number of benzene rings is 1. The Labute approximate surface area is 193 Å². The van der Waals surface area contributed by atoms with Gasteiger partial charge in [0.05, 0.1) is 29.0 Å². The molecule has 0 bridgehead atoms. The van der Waals surface area contributed by atoms with E-state index in [9.17, 15) is 9.59 Å². The molecular weight excluding hydrogens is 444 g/mol. The number of aromatic nitrogens is 1. The Balaban J connectivity index is 1.93. The zero-order valence-electron chi connectivity index (χ0n) is 18.0. The van der Waals surface area contributed by atoms with Crippen molar-refractivity contribution in [2.75, 3.05) is 13.7 Å². The van der Waals surface area contributed by atoms with Crippen molar-refractivity contribution in [3.05, 3.63) is 95.3 Å². The monoisotopic (exact) mass is 466 g/mol. The molecule has 1 atom stereocenters. The first-order valence-corrected chi connectivity index (χ1v) is 11.6. The van der Waals surface area contributed by atoms with Crippen LogP contribution in [0.3, 0.4) is 0 Å². The van der Waals surface area contributed by atoms with E-state index < -0.39 is 12.0 Å². The first-order chi connectivity index (χ1) is 15.4. The minimum atomic E-state index is -0.652. The number of methoxy groups -OCH3 is 1. The standard InChI is InChI=1S/C24H22N2O4S2/c1-5-11-30-23(28)20-15(3)25-24-26(21(20)16-6-8-17(29-4)9-7-16)22(27)19(32-24)13-18-14(2)10-12-31-18/h5-10,12-13,21H,1,11H2,2-4H3/b19-13+. The summed E-state index contributed by atoms with van der Waals surface area (Å²) in [5.41, 5.74) is 2.55. The Kier molecular flexibility index (Phi) is 6.25. The van der Waals surface area contributed by atoms with Gasteiger partial charge in [-0.15, -0.1) is 11.3 Å². The third-order valence-corrected chi connectivity index (χ3v) is 7.12. The first-order valence-electron chi connectivity index (χ1n) is 9.93. The average Bonchev–Trinajstić information content (AvgIpc) is 3.33. The molecule has 1 aromatic carbocycles. The van der Waals surface area contributed by atoms with Gasteiger partial charge in [-0.25, -0.2) is 9.79 Å². The van der Waals surface area contributed by atoms with Crippen LogP contribution in [0, 0.1) is 6.92 Å². The third-order valence-electron chi connectivity index (χ3n) is 5.17. The summed E-state index contributed by atoms with van der Waals surface area (Å²) in [6, 6.07) is 8.68. The summed E-state index contributed by atoms with van der Waals surface area (Å²) in [4.78, 5) is 32.7. The van der Waals surface area contributed by atoms with E-state index >= 15 is 0 Å². The molecule has 32 heavy (non-hydrogen) atoms. The van der Waals surface area contributed by atoms with Gasteiger partial charge < -0.3 is 9.47 Å². The van der Waals surface area contributed by atoms with Crippen LogP contribution in [0.25, 0.3) is 6.08 Å². The van der Waals surface area contributed by atoms with Crippen molar-refractivity contribution in [3.63, 3.8) is 0 Å². The van der Waals surface area contributed by atoms with Crippen LogP contribution in [0.15, 0.2) is 69.4 Å². The molecule has 0 fully saturated rings. The predicted octanol–water partition coefficient (Wildman–Crippen LogP) is 3.34. The number of allylic oxidation sites excluding steroid dienone is 1. The van der Waals surface area contributed by atoms with Crippen molar-refractivity contribution < 1.29 is 14.3 Å². The molecule has 0 N–H and O–H groups in total. The van der Waals surface area contributed by atoms with E-state index in [2.05, 4.69) is 11.6 Å². The van der Waals surface area contributed by atoms with Gasteiger partial charge in [-0.1, -0.05) is 36.1 Å². The summed E-state index contributed by atoms with van der Waals surface area (Å²) >= 11 is 2.90. The molecule has 0 saturated carbocycles. The van der Waals surface area contributed by atoms with E-state index in [1.54, 1.807) is 29.9 Å². The van der Waals surface area contributed by atoms with Crippen molar-refractivity contribution in [1.29, 1.82) is 0 Å². The third kappa shape index (κ3) is 3.99. The molecule has 0 aliphatic carbocycles. The number of aryl methyl sites for hydroxylation is 1. The Morgan fingerprint density at radius 2 is 2.00 bits per heavy atom. The van der Waals surface area contributed by atoms with Crippen LogP contribution in [0.4, 0.5) is 0 Å². The maximum Gasteiger partial charge on any atom is 0.338 e. The fourth-order valence-electron chi connectivity index (χ4n) is 3.55. The average molecular weight is 467 g/mol. The molecular formula is C24H22N2O4S2. The molecule has 0 saturated heterocycles. The summed E-state index contributed by atoms with van der Waals surface area (Å²) in [5.74, 6) is 0.168. The number of esters is 1. The molecule has 6 nitrogen and oxygen atoms in total. The highest BCUT2D eigenvalue weighted by molar-refractivity contribution is 7.11. The molecule has 0 spiro atoms. The van der Waals surface area contributed by atoms with Crippen LogP contribution in [0.1, 0.15) is 29.0 Å². The Morgan fingerprint density at radius 1 is 1.25 bits per heavy atom. The number of ether oxygens (including phenoxy) is 2. The van der Waals surface area contributed by atoms with Gasteiger partial charge >= 0.3 is 5.97 Å². The normalized spacial score (nSPS) is 15.8. The molecule has 1 aliphatic rings. The highest BCUT2D eigenvalue weighted by atomic mass is 32.1. The van der Waals surface area contributed by atoms with Gasteiger partial charge in [-0.3, -0.25) is 9.36 Å². The second-order valence-corrected chi connectivity index (χ2v) is 9.17. The van der Waals surface area contributed by atoms with Gasteiger partial charge in [0, 0.05) is 4.88 Å². The van der Waals surface area contributed by atoms with Gasteiger partial charge in [0.15, 0.2) is 4.80 Å². The smallest absolute Gasteiger partial charge is 0.338 e. The van der Waals surface area contributed by atoms with Crippen LogP contribution < -0.4 is 19.6 Å². The number of carbonyl (C=O) groups is 1. The Bertz CT molecular complexity index is 1390. The van der Waals surface area contributed by atoms with E-state index in [1.165, 1.54) is 17.4 Å². The summed E-state index contributed by atoms with van der Waals surface area (Å²) in [6.07, 6.45) is 3.40. The van der Waals surface area contributed by atoms with E-state index in [-0.39, 0.29) is 12.2 Å².